The topological polar surface area (TPSA) is 81.2 Å². The van der Waals surface area contributed by atoms with Gasteiger partial charge in [-0.2, -0.15) is 0 Å². The molecule has 3 heterocycles. The van der Waals surface area contributed by atoms with Crippen molar-refractivity contribution in [2.45, 2.75) is 75.6 Å². The minimum absolute atomic E-state index is 0.000699. The summed E-state index contributed by atoms with van der Waals surface area (Å²) >= 11 is 1.68. The summed E-state index contributed by atoms with van der Waals surface area (Å²) in [6.07, 6.45) is 4.96. The standard InChI is InChI=1S/C27H43N3O4S/c1-9-12-28(8)24(32)21-20-14-18(7)27(35-20)22(21)25(33)30(19(15-31)17(6)11-3)23(27)26(34)29(13-10-2)16(4)5/h9-10,16-23,31H,1-2,11-15H2,3-8H3/t17-,18?,19-,20+,21-,22-,23?,27?/m0/s1. The summed E-state index contributed by atoms with van der Waals surface area (Å²) in [7, 11) is 1.75. The van der Waals surface area contributed by atoms with Crippen molar-refractivity contribution in [3.63, 3.8) is 0 Å². The van der Waals surface area contributed by atoms with Crippen LogP contribution in [0.3, 0.4) is 0 Å². The monoisotopic (exact) mass is 505 g/mol. The Hall–Kier alpha value is -1.80. The number of thioether (sulfide) groups is 1. The minimum atomic E-state index is -0.721. The van der Waals surface area contributed by atoms with E-state index in [1.54, 1.807) is 45.7 Å². The van der Waals surface area contributed by atoms with Crippen LogP contribution in [0.25, 0.3) is 0 Å². The van der Waals surface area contributed by atoms with Crippen LogP contribution in [0, 0.1) is 23.7 Å². The first-order chi connectivity index (χ1) is 16.5. The summed E-state index contributed by atoms with van der Waals surface area (Å²) in [5, 5.41) is 10.5. The lowest BCUT2D eigenvalue weighted by atomic mass is 9.65. The summed E-state index contributed by atoms with van der Waals surface area (Å²) in [6.45, 7) is 18.3. The van der Waals surface area contributed by atoms with Crippen molar-refractivity contribution in [1.29, 1.82) is 0 Å². The van der Waals surface area contributed by atoms with Gasteiger partial charge in [0.2, 0.25) is 17.7 Å². The third kappa shape index (κ3) is 4.24. The zero-order valence-corrected chi connectivity index (χ0v) is 23.0. The lowest BCUT2D eigenvalue weighted by Crippen LogP contribution is -2.61. The van der Waals surface area contributed by atoms with Crippen LogP contribution in [0.2, 0.25) is 0 Å². The maximum Gasteiger partial charge on any atom is 0.247 e. The summed E-state index contributed by atoms with van der Waals surface area (Å²) in [5.74, 6) is -1.27. The van der Waals surface area contributed by atoms with Gasteiger partial charge in [-0.25, -0.2) is 0 Å². The predicted octanol–water partition coefficient (Wildman–Crippen LogP) is 2.80. The van der Waals surface area contributed by atoms with E-state index < -0.39 is 28.7 Å². The molecule has 1 N–H and O–H groups in total. The Kier molecular flexibility index (Phi) is 8.47. The predicted molar refractivity (Wildman–Crippen MR) is 141 cm³/mol. The van der Waals surface area contributed by atoms with Gasteiger partial charge in [0.1, 0.15) is 6.04 Å². The Labute approximate surface area is 215 Å². The second kappa shape index (κ2) is 10.7. The number of amides is 3. The van der Waals surface area contributed by atoms with E-state index >= 15 is 0 Å². The van der Waals surface area contributed by atoms with Gasteiger partial charge in [-0.3, -0.25) is 14.4 Å². The number of aliphatic hydroxyl groups excluding tert-OH is 1. The summed E-state index contributed by atoms with van der Waals surface area (Å²) in [5.41, 5.74) is 0. The molecule has 3 fully saturated rings. The fraction of sp³-hybridized carbons (Fsp3) is 0.741. The van der Waals surface area contributed by atoms with E-state index in [1.807, 2.05) is 27.7 Å². The normalized spacial score (nSPS) is 33.0. The molecule has 8 atom stereocenters. The average molecular weight is 506 g/mol. The number of aliphatic hydroxyl groups is 1. The largest absolute Gasteiger partial charge is 0.394 e. The second-order valence-electron chi connectivity index (χ2n) is 10.8. The third-order valence-corrected chi connectivity index (χ3v) is 10.6. The highest BCUT2D eigenvalue weighted by Gasteiger charge is 2.77. The van der Waals surface area contributed by atoms with Gasteiger partial charge in [0, 0.05) is 31.4 Å². The highest BCUT2D eigenvalue weighted by Crippen LogP contribution is 2.69. The number of rotatable bonds is 11. The van der Waals surface area contributed by atoms with Crippen molar-refractivity contribution in [2.24, 2.45) is 23.7 Å². The molecule has 35 heavy (non-hydrogen) atoms. The van der Waals surface area contributed by atoms with Crippen LogP contribution >= 0.6 is 11.8 Å². The molecule has 7 nitrogen and oxygen atoms in total. The quantitative estimate of drug-likeness (QED) is 0.437. The van der Waals surface area contributed by atoms with Crippen molar-refractivity contribution >= 4 is 29.5 Å². The molecule has 0 aromatic heterocycles. The van der Waals surface area contributed by atoms with Crippen molar-refractivity contribution in [3.05, 3.63) is 25.3 Å². The van der Waals surface area contributed by atoms with E-state index in [0.717, 1.165) is 12.8 Å². The molecule has 3 saturated heterocycles. The molecular formula is C27H43N3O4S. The molecular weight excluding hydrogens is 462 g/mol. The van der Waals surface area contributed by atoms with Gasteiger partial charge in [-0.1, -0.05) is 39.3 Å². The zero-order valence-electron chi connectivity index (χ0n) is 22.1. The van der Waals surface area contributed by atoms with Crippen LogP contribution in [-0.4, -0.2) is 92.4 Å². The van der Waals surface area contributed by atoms with Gasteiger partial charge in [0.15, 0.2) is 0 Å². The zero-order chi connectivity index (χ0) is 26.2. The van der Waals surface area contributed by atoms with Crippen LogP contribution in [0.1, 0.15) is 47.5 Å². The maximum absolute atomic E-state index is 14.3. The Balaban J connectivity index is 2.18. The summed E-state index contributed by atoms with van der Waals surface area (Å²) in [6, 6.07) is -1.27. The molecule has 0 aliphatic carbocycles. The minimum Gasteiger partial charge on any atom is -0.394 e. The number of fused-ring (bicyclic) bond motifs is 1. The fourth-order valence-electron chi connectivity index (χ4n) is 6.58. The Morgan fingerprint density at radius 2 is 1.86 bits per heavy atom. The van der Waals surface area contributed by atoms with Crippen LogP contribution in [-0.2, 0) is 14.4 Å². The third-order valence-electron chi connectivity index (χ3n) is 8.56. The van der Waals surface area contributed by atoms with Crippen LogP contribution in [0.15, 0.2) is 25.3 Å². The van der Waals surface area contributed by atoms with Crippen molar-refractivity contribution in [1.82, 2.24) is 14.7 Å². The average Bonchev–Trinajstić information content (AvgIpc) is 3.41. The molecule has 3 aliphatic heterocycles. The molecule has 3 rings (SSSR count). The number of nitrogens with zero attached hydrogens (tertiary/aromatic N) is 3. The van der Waals surface area contributed by atoms with Gasteiger partial charge < -0.3 is 19.8 Å². The Bertz CT molecular complexity index is 863. The molecule has 0 radical (unpaired) electrons. The molecule has 3 unspecified atom stereocenters. The van der Waals surface area contributed by atoms with E-state index in [9.17, 15) is 19.5 Å². The lowest BCUT2D eigenvalue weighted by Gasteiger charge is -2.43. The molecule has 0 saturated carbocycles. The van der Waals surface area contributed by atoms with Crippen molar-refractivity contribution in [2.75, 3.05) is 26.7 Å². The van der Waals surface area contributed by atoms with Gasteiger partial charge in [0.25, 0.3) is 0 Å². The molecule has 0 aromatic rings. The summed E-state index contributed by atoms with van der Waals surface area (Å²) in [4.78, 5) is 47.4. The number of hydrogen-bond donors (Lipinski definition) is 1. The van der Waals surface area contributed by atoms with Crippen LogP contribution in [0.4, 0.5) is 0 Å². The molecule has 196 valence electrons. The number of carbonyl (C=O) groups is 3. The van der Waals surface area contributed by atoms with E-state index in [1.165, 1.54) is 0 Å². The Morgan fingerprint density at radius 3 is 2.37 bits per heavy atom. The number of carbonyl (C=O) groups excluding carboxylic acids is 3. The maximum atomic E-state index is 14.3. The smallest absolute Gasteiger partial charge is 0.247 e. The molecule has 1 spiro atoms. The SMILES string of the molecule is C=CCN(C)C(=O)[C@@H]1[C@H]2C(=O)N([C@@H](CO)[C@@H](C)CC)C(C(=O)N(CC=C)C(C)C)C23S[C@@H]1CC3C. The number of likely N-dealkylation sites (N-methyl/N-ethyl adjacent to an activating group) is 1. The van der Waals surface area contributed by atoms with Crippen molar-refractivity contribution in [3.8, 4) is 0 Å². The van der Waals surface area contributed by atoms with Crippen LogP contribution < -0.4 is 0 Å². The van der Waals surface area contributed by atoms with E-state index in [-0.39, 0.29) is 47.5 Å². The first kappa shape index (κ1) is 27.8. The highest BCUT2D eigenvalue weighted by molar-refractivity contribution is 8.02. The van der Waals surface area contributed by atoms with E-state index in [2.05, 4.69) is 20.1 Å². The van der Waals surface area contributed by atoms with Gasteiger partial charge >= 0.3 is 0 Å². The van der Waals surface area contributed by atoms with Gasteiger partial charge in [-0.15, -0.1) is 24.9 Å². The van der Waals surface area contributed by atoms with E-state index in [0.29, 0.717) is 13.1 Å². The first-order valence-corrected chi connectivity index (χ1v) is 13.8. The number of likely N-dealkylation sites (tertiary alicyclic amines) is 1. The molecule has 0 aromatic carbocycles. The molecule has 2 bridgehead atoms. The summed E-state index contributed by atoms with van der Waals surface area (Å²) < 4.78 is -0.691. The highest BCUT2D eigenvalue weighted by atomic mass is 32.2. The molecule has 3 amide bonds. The van der Waals surface area contributed by atoms with Crippen molar-refractivity contribution < 1.29 is 19.5 Å². The second-order valence-corrected chi connectivity index (χ2v) is 12.4. The molecule has 3 aliphatic rings. The first-order valence-electron chi connectivity index (χ1n) is 12.9. The Morgan fingerprint density at radius 1 is 1.23 bits per heavy atom. The van der Waals surface area contributed by atoms with Gasteiger partial charge in [-0.05, 0) is 32.1 Å². The lowest BCUT2D eigenvalue weighted by molar-refractivity contribution is -0.148. The van der Waals surface area contributed by atoms with Crippen LogP contribution in [0.5, 0.6) is 0 Å². The fourth-order valence-corrected chi connectivity index (χ4v) is 8.98. The van der Waals surface area contributed by atoms with Gasteiger partial charge in [0.05, 0.1) is 29.2 Å². The van der Waals surface area contributed by atoms with E-state index in [4.69, 9.17) is 0 Å². The molecule has 8 heteroatoms. The number of hydrogen-bond acceptors (Lipinski definition) is 5.